The lowest BCUT2D eigenvalue weighted by Gasteiger charge is -2.12. The summed E-state index contributed by atoms with van der Waals surface area (Å²) in [6, 6.07) is 0. The van der Waals surface area contributed by atoms with Crippen LogP contribution in [0, 0.1) is 0 Å². The van der Waals surface area contributed by atoms with Crippen LogP contribution >= 0.6 is 0 Å². The third kappa shape index (κ3) is 2.71. The molecular weight excluding hydrogens is 172 g/mol. The average molecular weight is 180 g/mol. The number of ether oxygens (including phenoxy) is 1. The molecule has 0 aliphatic heterocycles. The van der Waals surface area contributed by atoms with Crippen LogP contribution in [0.3, 0.4) is 0 Å². The van der Waals surface area contributed by atoms with Crippen LogP contribution in [-0.2, 0) is 14.3 Å². The van der Waals surface area contributed by atoms with Crippen LogP contribution in [0.1, 0.15) is 0 Å². The highest BCUT2D eigenvalue weighted by Gasteiger charge is 2.13. The molecule has 0 saturated carbocycles. The second kappa shape index (κ2) is 4.40. The first-order valence-electron chi connectivity index (χ1n) is 3.67. The quantitative estimate of drug-likeness (QED) is 0.636. The van der Waals surface area contributed by atoms with Crippen molar-refractivity contribution in [3.05, 3.63) is 29.9 Å². The molecule has 0 radical (unpaired) electrons. The third-order valence-electron chi connectivity index (χ3n) is 1.48. The topological polar surface area (TPSA) is 63.6 Å². The van der Waals surface area contributed by atoms with Crippen molar-refractivity contribution in [1.29, 1.82) is 0 Å². The summed E-state index contributed by atoms with van der Waals surface area (Å²) in [5.74, 6) is 0.627. The molecule has 0 aromatic heterocycles. The summed E-state index contributed by atoms with van der Waals surface area (Å²) in [7, 11) is 0. The maximum absolute atomic E-state index is 10.3. The van der Waals surface area contributed by atoms with Gasteiger partial charge in [-0.2, -0.15) is 0 Å². The molecule has 1 aliphatic carbocycles. The SMILES string of the molecule is O=C=C1C=CC=CC1OCC(=O)O. The Morgan fingerprint density at radius 3 is 3.00 bits per heavy atom. The van der Waals surface area contributed by atoms with E-state index in [4.69, 9.17) is 9.84 Å². The highest BCUT2D eigenvalue weighted by atomic mass is 16.5. The molecule has 0 aromatic carbocycles. The second-order valence-corrected chi connectivity index (χ2v) is 2.43. The van der Waals surface area contributed by atoms with Gasteiger partial charge in [0.15, 0.2) is 0 Å². The van der Waals surface area contributed by atoms with Gasteiger partial charge in [0.05, 0.1) is 5.57 Å². The molecule has 4 nitrogen and oxygen atoms in total. The minimum atomic E-state index is -1.06. The first-order valence-corrected chi connectivity index (χ1v) is 3.67. The number of carboxylic acids is 1. The molecule has 0 saturated heterocycles. The highest BCUT2D eigenvalue weighted by Crippen LogP contribution is 2.11. The lowest BCUT2D eigenvalue weighted by molar-refractivity contribution is -0.142. The van der Waals surface area contributed by atoms with E-state index >= 15 is 0 Å². The van der Waals surface area contributed by atoms with Crippen LogP contribution in [0.2, 0.25) is 0 Å². The molecule has 13 heavy (non-hydrogen) atoms. The molecule has 1 N–H and O–H groups in total. The lowest BCUT2D eigenvalue weighted by Crippen LogP contribution is -2.19. The summed E-state index contributed by atoms with van der Waals surface area (Å²) in [5.41, 5.74) is 0.309. The van der Waals surface area contributed by atoms with Crippen LogP contribution in [-0.4, -0.2) is 29.7 Å². The van der Waals surface area contributed by atoms with E-state index < -0.39 is 18.7 Å². The molecule has 1 aliphatic rings. The molecule has 0 bridgehead atoms. The summed E-state index contributed by atoms with van der Waals surface area (Å²) in [5, 5.41) is 8.33. The second-order valence-electron chi connectivity index (χ2n) is 2.43. The number of carbonyl (C=O) groups excluding carboxylic acids is 1. The van der Waals surface area contributed by atoms with Crippen molar-refractivity contribution in [3.63, 3.8) is 0 Å². The van der Waals surface area contributed by atoms with Crippen molar-refractivity contribution in [2.45, 2.75) is 6.10 Å². The van der Waals surface area contributed by atoms with E-state index in [1.54, 1.807) is 30.2 Å². The minimum Gasteiger partial charge on any atom is -0.480 e. The summed E-state index contributed by atoms with van der Waals surface area (Å²) in [6.45, 7) is -0.423. The normalized spacial score (nSPS) is 20.0. The Kier molecular flexibility index (Phi) is 3.20. The zero-order chi connectivity index (χ0) is 9.68. The Labute approximate surface area is 74.8 Å². The monoisotopic (exact) mass is 180 g/mol. The van der Waals surface area contributed by atoms with Crippen molar-refractivity contribution in [1.82, 2.24) is 0 Å². The number of allylic oxidation sites excluding steroid dienone is 2. The van der Waals surface area contributed by atoms with E-state index in [2.05, 4.69) is 0 Å². The smallest absolute Gasteiger partial charge is 0.329 e. The molecule has 0 amide bonds. The van der Waals surface area contributed by atoms with Crippen LogP contribution < -0.4 is 0 Å². The maximum Gasteiger partial charge on any atom is 0.329 e. The molecular formula is C9H8O4. The van der Waals surface area contributed by atoms with Crippen molar-refractivity contribution >= 4 is 11.9 Å². The van der Waals surface area contributed by atoms with E-state index in [0.29, 0.717) is 5.57 Å². The van der Waals surface area contributed by atoms with Crippen molar-refractivity contribution in [3.8, 4) is 0 Å². The summed E-state index contributed by atoms with van der Waals surface area (Å²) < 4.78 is 4.91. The highest BCUT2D eigenvalue weighted by molar-refractivity contribution is 5.68. The van der Waals surface area contributed by atoms with Crippen LogP contribution in [0.5, 0.6) is 0 Å². The van der Waals surface area contributed by atoms with Gasteiger partial charge < -0.3 is 9.84 Å². The van der Waals surface area contributed by atoms with Crippen LogP contribution in [0.15, 0.2) is 29.9 Å². The molecule has 1 atom stereocenters. The Morgan fingerprint density at radius 1 is 1.62 bits per heavy atom. The predicted octanol–water partition coefficient (Wildman–Crippen LogP) is 0.340. The Morgan fingerprint density at radius 2 is 2.38 bits per heavy atom. The molecule has 0 aromatic rings. The molecule has 0 heterocycles. The van der Waals surface area contributed by atoms with Gasteiger partial charge >= 0.3 is 5.97 Å². The predicted molar refractivity (Wildman–Crippen MR) is 44.9 cm³/mol. The molecule has 1 unspecified atom stereocenters. The fourth-order valence-electron chi connectivity index (χ4n) is 0.921. The standard InChI is InChI=1S/C9H8O4/c10-5-7-3-1-2-4-8(7)13-6-9(11)12/h1-4,8H,6H2,(H,11,12). The molecule has 4 heteroatoms. The number of hydrogen-bond donors (Lipinski definition) is 1. The van der Waals surface area contributed by atoms with Gasteiger partial charge in [-0.15, -0.1) is 0 Å². The van der Waals surface area contributed by atoms with Gasteiger partial charge in [-0.3, -0.25) is 0 Å². The average Bonchev–Trinajstić information content (AvgIpc) is 2.15. The number of carbonyl (C=O) groups is 1. The van der Waals surface area contributed by atoms with E-state index in [1.807, 2.05) is 0 Å². The fraction of sp³-hybridized carbons (Fsp3) is 0.222. The summed E-state index contributed by atoms with van der Waals surface area (Å²) in [6.07, 6.45) is 5.91. The number of aliphatic carboxylic acids is 1. The van der Waals surface area contributed by atoms with Crippen molar-refractivity contribution in [2.24, 2.45) is 0 Å². The van der Waals surface area contributed by atoms with Gasteiger partial charge in [-0.25, -0.2) is 9.59 Å². The Hall–Kier alpha value is -1.64. The minimum absolute atomic E-state index is 0.309. The molecule has 68 valence electrons. The first-order chi connectivity index (χ1) is 6.24. The van der Waals surface area contributed by atoms with Gasteiger partial charge in [-0.1, -0.05) is 18.2 Å². The van der Waals surface area contributed by atoms with Gasteiger partial charge in [0, 0.05) is 0 Å². The first kappa shape index (κ1) is 9.45. The van der Waals surface area contributed by atoms with Crippen molar-refractivity contribution in [2.75, 3.05) is 6.61 Å². The van der Waals surface area contributed by atoms with E-state index in [1.165, 1.54) is 0 Å². The van der Waals surface area contributed by atoms with E-state index in [9.17, 15) is 9.59 Å². The zero-order valence-corrected chi connectivity index (χ0v) is 6.77. The molecule has 0 fully saturated rings. The maximum atomic E-state index is 10.3. The van der Waals surface area contributed by atoms with Crippen LogP contribution in [0.4, 0.5) is 0 Å². The van der Waals surface area contributed by atoms with E-state index in [0.717, 1.165) is 0 Å². The van der Waals surface area contributed by atoms with Crippen molar-refractivity contribution < 1.29 is 19.4 Å². The van der Waals surface area contributed by atoms with E-state index in [-0.39, 0.29) is 0 Å². The number of hydrogen-bond acceptors (Lipinski definition) is 3. The largest absolute Gasteiger partial charge is 0.480 e. The third-order valence-corrected chi connectivity index (χ3v) is 1.48. The number of rotatable bonds is 3. The van der Waals surface area contributed by atoms with Gasteiger partial charge in [0.25, 0.3) is 0 Å². The molecule has 0 spiro atoms. The zero-order valence-electron chi connectivity index (χ0n) is 6.77. The summed E-state index contributed by atoms with van der Waals surface area (Å²) >= 11 is 0. The fourth-order valence-corrected chi connectivity index (χ4v) is 0.921. The van der Waals surface area contributed by atoms with Gasteiger partial charge in [0.2, 0.25) is 0 Å². The van der Waals surface area contributed by atoms with Gasteiger partial charge in [0.1, 0.15) is 18.7 Å². The summed E-state index contributed by atoms with van der Waals surface area (Å²) in [4.78, 5) is 20.5. The number of carboxylic acid groups (broad SMARTS) is 1. The Balaban J connectivity index is 2.59. The lowest BCUT2D eigenvalue weighted by atomic mass is 10.1. The van der Waals surface area contributed by atoms with Crippen LogP contribution in [0.25, 0.3) is 0 Å². The Bertz CT molecular complexity index is 308. The van der Waals surface area contributed by atoms with Gasteiger partial charge in [-0.05, 0) is 6.08 Å². The molecule has 1 rings (SSSR count).